The van der Waals surface area contributed by atoms with E-state index in [0.29, 0.717) is 17.9 Å². The lowest BCUT2D eigenvalue weighted by atomic mass is 10.1. The molecule has 0 bridgehead atoms. The van der Waals surface area contributed by atoms with Crippen molar-refractivity contribution in [2.45, 2.75) is 12.6 Å². The number of imidazole rings is 1. The lowest BCUT2D eigenvalue weighted by Crippen LogP contribution is -2.11. The molecule has 0 spiro atoms. The Labute approximate surface area is 145 Å². The lowest BCUT2D eigenvalue weighted by Gasteiger charge is -2.15. The quantitative estimate of drug-likeness (QED) is 0.605. The Balaban J connectivity index is 1.85. The third-order valence-electron chi connectivity index (χ3n) is 4.33. The first-order valence-corrected chi connectivity index (χ1v) is 8.15. The van der Waals surface area contributed by atoms with Crippen molar-refractivity contribution in [2.24, 2.45) is 0 Å². The van der Waals surface area contributed by atoms with Gasteiger partial charge in [-0.3, -0.25) is 0 Å². The van der Waals surface area contributed by atoms with E-state index in [1.54, 1.807) is 12.1 Å². The van der Waals surface area contributed by atoms with Gasteiger partial charge in [-0.05, 0) is 23.8 Å². The smallest absolute Gasteiger partial charge is 0.143 e. The number of hydrogen-bond acceptors (Lipinski definition) is 2. The summed E-state index contributed by atoms with van der Waals surface area (Å²) in [6.07, 6.45) is -0.875. The van der Waals surface area contributed by atoms with Crippen molar-refractivity contribution in [2.75, 3.05) is 0 Å². The number of hydrogen-bond donors (Lipinski definition) is 1. The highest BCUT2D eigenvalue weighted by Crippen LogP contribution is 2.27. The molecular formula is C21H17FN2O. The van der Waals surface area contributed by atoms with E-state index in [2.05, 4.69) is 4.98 Å². The molecular weight excluding hydrogens is 315 g/mol. The van der Waals surface area contributed by atoms with E-state index in [1.165, 1.54) is 6.07 Å². The van der Waals surface area contributed by atoms with Crippen LogP contribution in [0.15, 0.2) is 78.9 Å². The van der Waals surface area contributed by atoms with Crippen LogP contribution in [-0.2, 0) is 6.54 Å². The molecule has 1 aromatic heterocycles. The number of aromatic nitrogens is 2. The second-order valence-electron chi connectivity index (χ2n) is 5.95. The van der Waals surface area contributed by atoms with E-state index in [4.69, 9.17) is 0 Å². The van der Waals surface area contributed by atoms with Crippen molar-refractivity contribution in [3.8, 4) is 0 Å². The molecule has 4 aromatic rings. The molecule has 0 saturated heterocycles. The normalized spacial score (nSPS) is 12.4. The second kappa shape index (κ2) is 6.49. The predicted molar refractivity (Wildman–Crippen MR) is 95.7 cm³/mol. The molecule has 4 rings (SSSR count). The minimum absolute atomic E-state index is 0.263. The van der Waals surface area contributed by atoms with Crippen LogP contribution < -0.4 is 0 Å². The van der Waals surface area contributed by atoms with Crippen LogP contribution in [0.1, 0.15) is 23.1 Å². The van der Waals surface area contributed by atoms with Gasteiger partial charge in [-0.15, -0.1) is 0 Å². The third-order valence-corrected chi connectivity index (χ3v) is 4.33. The van der Waals surface area contributed by atoms with Gasteiger partial charge in [0.15, 0.2) is 0 Å². The Morgan fingerprint density at radius 3 is 2.36 bits per heavy atom. The fraction of sp³-hybridized carbons (Fsp3) is 0.0952. The van der Waals surface area contributed by atoms with Gasteiger partial charge in [0, 0.05) is 5.56 Å². The molecule has 0 aliphatic heterocycles. The molecule has 3 nitrogen and oxygen atoms in total. The average molecular weight is 332 g/mol. The van der Waals surface area contributed by atoms with Gasteiger partial charge in [0.1, 0.15) is 17.7 Å². The molecule has 1 N–H and O–H groups in total. The van der Waals surface area contributed by atoms with E-state index < -0.39 is 6.10 Å². The first-order chi connectivity index (χ1) is 12.2. The Bertz CT molecular complexity index is 1010. The largest absolute Gasteiger partial charge is 0.380 e. The molecule has 1 heterocycles. The molecule has 1 atom stereocenters. The number of nitrogens with zero attached hydrogens (tertiary/aromatic N) is 2. The second-order valence-corrected chi connectivity index (χ2v) is 5.95. The zero-order valence-corrected chi connectivity index (χ0v) is 13.5. The number of halogens is 1. The summed E-state index contributed by atoms with van der Waals surface area (Å²) in [5, 5.41) is 10.8. The maximum absolute atomic E-state index is 14.1. The van der Waals surface area contributed by atoms with Crippen LogP contribution in [0.5, 0.6) is 0 Å². The maximum Gasteiger partial charge on any atom is 0.143 e. The SMILES string of the molecule is O[C@@H](c1ccccc1)c1nc2ccccc2n1Cc1ccccc1F. The number of aliphatic hydroxyl groups is 1. The van der Waals surface area contributed by atoms with Gasteiger partial charge in [0.25, 0.3) is 0 Å². The summed E-state index contributed by atoms with van der Waals surface area (Å²) < 4.78 is 16.0. The predicted octanol–water partition coefficient (Wildman–Crippen LogP) is 4.31. The van der Waals surface area contributed by atoms with E-state index in [1.807, 2.05) is 65.2 Å². The van der Waals surface area contributed by atoms with Crippen LogP contribution in [0.3, 0.4) is 0 Å². The molecule has 0 amide bonds. The summed E-state index contributed by atoms with van der Waals surface area (Å²) >= 11 is 0. The van der Waals surface area contributed by atoms with Crippen molar-refractivity contribution >= 4 is 11.0 Å². The Hall–Kier alpha value is -2.98. The number of aliphatic hydroxyl groups excluding tert-OH is 1. The van der Waals surface area contributed by atoms with E-state index in [-0.39, 0.29) is 5.82 Å². The van der Waals surface area contributed by atoms with Gasteiger partial charge in [-0.25, -0.2) is 9.37 Å². The van der Waals surface area contributed by atoms with Crippen LogP contribution in [0.2, 0.25) is 0 Å². The molecule has 0 unspecified atom stereocenters. The Morgan fingerprint density at radius 1 is 0.880 bits per heavy atom. The van der Waals surface area contributed by atoms with Crippen molar-refractivity contribution in [1.29, 1.82) is 0 Å². The first-order valence-electron chi connectivity index (χ1n) is 8.15. The van der Waals surface area contributed by atoms with Crippen molar-refractivity contribution < 1.29 is 9.50 Å². The molecule has 0 radical (unpaired) electrons. The molecule has 3 aromatic carbocycles. The summed E-state index contributed by atoms with van der Waals surface area (Å²) in [5.41, 5.74) is 2.97. The van der Waals surface area contributed by atoms with Crippen LogP contribution in [0.4, 0.5) is 4.39 Å². The topological polar surface area (TPSA) is 38.1 Å². The van der Waals surface area contributed by atoms with Gasteiger partial charge in [-0.2, -0.15) is 0 Å². The third kappa shape index (κ3) is 2.92. The fourth-order valence-electron chi connectivity index (χ4n) is 3.05. The molecule has 0 fully saturated rings. The standard InChI is InChI=1S/C21H17FN2O/c22-17-11-5-4-10-16(17)14-24-19-13-7-6-12-18(19)23-21(24)20(25)15-8-2-1-3-9-15/h1-13,20,25H,14H2/t20-/m0/s1. The summed E-state index contributed by atoms with van der Waals surface area (Å²) in [5.74, 6) is 0.246. The summed E-state index contributed by atoms with van der Waals surface area (Å²) in [4.78, 5) is 4.61. The molecule has 0 saturated carbocycles. The van der Waals surface area contributed by atoms with Gasteiger partial charge in [0.05, 0.1) is 17.6 Å². The van der Waals surface area contributed by atoms with E-state index >= 15 is 0 Å². The number of benzene rings is 3. The fourth-order valence-corrected chi connectivity index (χ4v) is 3.05. The van der Waals surface area contributed by atoms with Gasteiger partial charge >= 0.3 is 0 Å². The average Bonchev–Trinajstić information content (AvgIpc) is 3.02. The lowest BCUT2D eigenvalue weighted by molar-refractivity contribution is 0.206. The van der Waals surface area contributed by atoms with Crippen molar-refractivity contribution in [1.82, 2.24) is 9.55 Å². The molecule has 25 heavy (non-hydrogen) atoms. The summed E-state index contributed by atoms with van der Waals surface area (Å²) in [6.45, 7) is 0.312. The highest BCUT2D eigenvalue weighted by Gasteiger charge is 2.20. The van der Waals surface area contributed by atoms with Gasteiger partial charge < -0.3 is 9.67 Å². The monoisotopic (exact) mass is 332 g/mol. The minimum atomic E-state index is -0.875. The summed E-state index contributed by atoms with van der Waals surface area (Å²) in [6, 6.07) is 23.7. The van der Waals surface area contributed by atoms with Crippen LogP contribution in [0.25, 0.3) is 11.0 Å². The van der Waals surface area contributed by atoms with Crippen LogP contribution in [-0.4, -0.2) is 14.7 Å². The Morgan fingerprint density at radius 2 is 1.56 bits per heavy atom. The van der Waals surface area contributed by atoms with Crippen LogP contribution >= 0.6 is 0 Å². The van der Waals surface area contributed by atoms with E-state index in [0.717, 1.165) is 16.6 Å². The zero-order chi connectivity index (χ0) is 17.2. The molecule has 0 aliphatic rings. The number of fused-ring (bicyclic) bond motifs is 1. The van der Waals surface area contributed by atoms with Crippen molar-refractivity contribution in [3.63, 3.8) is 0 Å². The zero-order valence-electron chi connectivity index (χ0n) is 13.5. The molecule has 4 heteroatoms. The molecule has 0 aliphatic carbocycles. The van der Waals surface area contributed by atoms with Crippen LogP contribution in [0, 0.1) is 5.82 Å². The highest BCUT2D eigenvalue weighted by atomic mass is 19.1. The first kappa shape index (κ1) is 15.5. The van der Waals surface area contributed by atoms with Gasteiger partial charge in [-0.1, -0.05) is 60.7 Å². The minimum Gasteiger partial charge on any atom is -0.380 e. The maximum atomic E-state index is 14.1. The van der Waals surface area contributed by atoms with Crippen molar-refractivity contribution in [3.05, 3.63) is 102 Å². The summed E-state index contributed by atoms with van der Waals surface area (Å²) in [7, 11) is 0. The number of para-hydroxylation sites is 2. The van der Waals surface area contributed by atoms with E-state index in [9.17, 15) is 9.50 Å². The number of rotatable bonds is 4. The van der Waals surface area contributed by atoms with Gasteiger partial charge in [0.2, 0.25) is 0 Å². The molecule has 124 valence electrons. The highest BCUT2D eigenvalue weighted by molar-refractivity contribution is 5.76. The Kier molecular flexibility index (Phi) is 4.04.